The number of halogens is 2. The third-order valence-corrected chi connectivity index (χ3v) is 4.78. The number of benzene rings is 3. The Morgan fingerprint density at radius 1 is 0.933 bits per heavy atom. The molecule has 150 valence electrons. The number of rotatable bonds is 5. The predicted molar refractivity (Wildman–Crippen MR) is 106 cm³/mol. The number of aromatic nitrogens is 1. The molecule has 4 aromatic rings. The summed E-state index contributed by atoms with van der Waals surface area (Å²) in [5.74, 6) is -3.38. The molecule has 4 rings (SSSR count). The molecular formula is C23H15F2NO4. The van der Waals surface area contributed by atoms with Crippen molar-refractivity contribution in [1.29, 1.82) is 0 Å². The van der Waals surface area contributed by atoms with Gasteiger partial charge in [-0.15, -0.1) is 0 Å². The van der Waals surface area contributed by atoms with Crippen molar-refractivity contribution < 1.29 is 22.8 Å². The van der Waals surface area contributed by atoms with E-state index in [1.165, 1.54) is 18.2 Å². The van der Waals surface area contributed by atoms with Crippen LogP contribution in [0.25, 0.3) is 11.1 Å². The molecule has 0 atom stereocenters. The van der Waals surface area contributed by atoms with Crippen LogP contribution in [0.2, 0.25) is 0 Å². The van der Waals surface area contributed by atoms with Gasteiger partial charge in [0.2, 0.25) is 0 Å². The zero-order chi connectivity index (χ0) is 21.4. The Morgan fingerprint density at radius 3 is 2.37 bits per heavy atom. The van der Waals surface area contributed by atoms with Crippen LogP contribution < -0.4 is 5.76 Å². The second-order valence-electron chi connectivity index (χ2n) is 6.88. The van der Waals surface area contributed by atoms with Crippen LogP contribution >= 0.6 is 0 Å². The van der Waals surface area contributed by atoms with E-state index in [0.717, 1.165) is 28.3 Å². The average Bonchev–Trinajstić information content (AvgIpc) is 3.04. The fourth-order valence-electron chi connectivity index (χ4n) is 3.16. The highest BCUT2D eigenvalue weighted by atomic mass is 19.1. The van der Waals surface area contributed by atoms with E-state index in [1.54, 1.807) is 24.3 Å². The van der Waals surface area contributed by atoms with Crippen molar-refractivity contribution in [2.75, 3.05) is 0 Å². The van der Waals surface area contributed by atoms with Gasteiger partial charge in [0.1, 0.15) is 11.6 Å². The number of hydrogen-bond donors (Lipinski definition) is 0. The molecule has 0 saturated carbocycles. The maximum atomic E-state index is 13.9. The van der Waals surface area contributed by atoms with Crippen LogP contribution in [0.4, 0.5) is 8.78 Å². The Kier molecular flexibility index (Phi) is 4.87. The zero-order valence-corrected chi connectivity index (χ0v) is 15.8. The van der Waals surface area contributed by atoms with Gasteiger partial charge in [-0.3, -0.25) is 14.2 Å². The van der Waals surface area contributed by atoms with Gasteiger partial charge >= 0.3 is 5.76 Å². The van der Waals surface area contributed by atoms with Gasteiger partial charge in [0.05, 0.1) is 17.6 Å². The molecule has 0 bridgehead atoms. The van der Waals surface area contributed by atoms with Crippen molar-refractivity contribution in [2.45, 2.75) is 13.5 Å². The number of aryl methyl sites for hydroxylation is 1. The zero-order valence-electron chi connectivity index (χ0n) is 15.8. The summed E-state index contributed by atoms with van der Waals surface area (Å²) in [4.78, 5) is 37.3. The van der Waals surface area contributed by atoms with Gasteiger partial charge < -0.3 is 4.42 Å². The van der Waals surface area contributed by atoms with Crippen molar-refractivity contribution in [1.82, 2.24) is 4.57 Å². The second kappa shape index (κ2) is 7.51. The lowest BCUT2D eigenvalue weighted by Gasteiger charge is -2.05. The summed E-state index contributed by atoms with van der Waals surface area (Å²) in [5, 5.41) is 0. The SMILES string of the molecule is Cc1ccc(C(=O)Cn2c(=O)oc3cc(C(=O)c4cc(F)ccc4F)ccc32)cc1. The lowest BCUT2D eigenvalue weighted by atomic mass is 10.0. The molecule has 3 aromatic carbocycles. The number of fused-ring (bicyclic) bond motifs is 1. The van der Waals surface area contributed by atoms with Crippen LogP contribution in [-0.4, -0.2) is 16.1 Å². The summed E-state index contributed by atoms with van der Waals surface area (Å²) in [6, 6.07) is 13.6. The van der Waals surface area contributed by atoms with Crippen LogP contribution in [0.3, 0.4) is 0 Å². The lowest BCUT2D eigenvalue weighted by Crippen LogP contribution is -2.20. The van der Waals surface area contributed by atoms with Crippen molar-refractivity contribution in [3.05, 3.63) is 105 Å². The van der Waals surface area contributed by atoms with Gasteiger partial charge in [-0.05, 0) is 43.3 Å². The van der Waals surface area contributed by atoms with Gasteiger partial charge in [-0.2, -0.15) is 0 Å². The molecule has 0 unspecified atom stereocenters. The van der Waals surface area contributed by atoms with Crippen molar-refractivity contribution in [3.8, 4) is 0 Å². The van der Waals surface area contributed by atoms with Crippen molar-refractivity contribution in [2.24, 2.45) is 0 Å². The average molecular weight is 407 g/mol. The van der Waals surface area contributed by atoms with Crippen LogP contribution in [0.1, 0.15) is 31.8 Å². The van der Waals surface area contributed by atoms with Crippen LogP contribution in [0.15, 0.2) is 69.9 Å². The Hall–Kier alpha value is -3.87. The third kappa shape index (κ3) is 3.57. The van der Waals surface area contributed by atoms with Crippen molar-refractivity contribution >= 4 is 22.7 Å². The second-order valence-corrected chi connectivity index (χ2v) is 6.88. The van der Waals surface area contributed by atoms with Crippen LogP contribution in [0.5, 0.6) is 0 Å². The molecule has 0 aliphatic rings. The van der Waals surface area contributed by atoms with Crippen molar-refractivity contribution in [3.63, 3.8) is 0 Å². The maximum absolute atomic E-state index is 13.9. The normalized spacial score (nSPS) is 11.0. The summed E-state index contributed by atoms with van der Waals surface area (Å²) >= 11 is 0. The molecule has 0 fully saturated rings. The highest BCUT2D eigenvalue weighted by Crippen LogP contribution is 2.20. The molecule has 7 heteroatoms. The third-order valence-electron chi connectivity index (χ3n) is 4.78. The number of ketones is 2. The quantitative estimate of drug-likeness (QED) is 0.463. The smallest absolute Gasteiger partial charge is 0.408 e. The van der Waals surface area contributed by atoms with E-state index in [2.05, 4.69) is 0 Å². The number of carbonyl (C=O) groups excluding carboxylic acids is 2. The molecular weight excluding hydrogens is 392 g/mol. The number of Topliss-reactive ketones (excluding diaryl/α,β-unsaturated/α-hetero) is 1. The maximum Gasteiger partial charge on any atom is 0.420 e. The predicted octanol–water partition coefficient (Wildman–Crippen LogP) is 4.30. The first kappa shape index (κ1) is 19.4. The van der Waals surface area contributed by atoms with Gasteiger partial charge in [0, 0.05) is 11.1 Å². The summed E-state index contributed by atoms with van der Waals surface area (Å²) in [7, 11) is 0. The van der Waals surface area contributed by atoms with Crippen LogP contribution in [0, 0.1) is 18.6 Å². The molecule has 0 spiro atoms. The Morgan fingerprint density at radius 2 is 1.63 bits per heavy atom. The van der Waals surface area contributed by atoms with E-state index in [9.17, 15) is 23.2 Å². The van der Waals surface area contributed by atoms with Gasteiger partial charge in [-0.1, -0.05) is 29.8 Å². The molecule has 0 radical (unpaired) electrons. The molecule has 0 aliphatic carbocycles. The summed E-state index contributed by atoms with van der Waals surface area (Å²) in [6.45, 7) is 1.66. The first-order chi connectivity index (χ1) is 14.3. The molecule has 0 saturated heterocycles. The first-order valence-electron chi connectivity index (χ1n) is 9.06. The summed E-state index contributed by atoms with van der Waals surface area (Å²) < 4.78 is 33.6. The van der Waals surface area contributed by atoms with Gasteiger partial charge in [0.15, 0.2) is 17.1 Å². The number of carbonyl (C=O) groups is 2. The number of oxazole rings is 1. The highest BCUT2D eigenvalue weighted by molar-refractivity contribution is 6.10. The molecule has 0 aliphatic heterocycles. The minimum Gasteiger partial charge on any atom is -0.408 e. The van der Waals surface area contributed by atoms with E-state index in [4.69, 9.17) is 4.42 Å². The molecule has 1 aromatic heterocycles. The Labute approximate surface area is 169 Å². The lowest BCUT2D eigenvalue weighted by molar-refractivity contribution is 0.0969. The van der Waals surface area contributed by atoms with E-state index >= 15 is 0 Å². The number of hydrogen-bond acceptors (Lipinski definition) is 4. The minimum atomic E-state index is -0.857. The van der Waals surface area contributed by atoms with E-state index in [-0.39, 0.29) is 23.5 Å². The summed E-state index contributed by atoms with van der Waals surface area (Å²) in [6.07, 6.45) is 0. The minimum absolute atomic E-state index is 0.0257. The topological polar surface area (TPSA) is 69.3 Å². The van der Waals surface area contributed by atoms with Crippen LogP contribution in [-0.2, 0) is 6.54 Å². The van der Waals surface area contributed by atoms with Gasteiger partial charge in [0.25, 0.3) is 0 Å². The molecule has 0 N–H and O–H groups in total. The fraction of sp³-hybridized carbons (Fsp3) is 0.0870. The van der Waals surface area contributed by atoms with E-state index in [1.807, 2.05) is 6.92 Å². The Bertz CT molecular complexity index is 1350. The van der Waals surface area contributed by atoms with E-state index < -0.39 is 28.7 Å². The molecule has 1 heterocycles. The highest BCUT2D eigenvalue weighted by Gasteiger charge is 2.19. The molecule has 30 heavy (non-hydrogen) atoms. The molecule has 0 amide bonds. The van der Waals surface area contributed by atoms with Gasteiger partial charge in [-0.25, -0.2) is 13.6 Å². The molecule has 5 nitrogen and oxygen atoms in total. The monoisotopic (exact) mass is 407 g/mol. The van der Waals surface area contributed by atoms with E-state index in [0.29, 0.717) is 11.1 Å². The summed E-state index contributed by atoms with van der Waals surface area (Å²) in [5.41, 5.74) is 1.44. The standard InChI is InChI=1S/C23H15F2NO4/c1-13-2-4-14(5-3-13)20(27)12-26-19-9-6-15(10-21(19)30-23(26)29)22(28)17-11-16(24)7-8-18(17)25/h2-11H,12H2,1H3. The first-order valence-corrected chi connectivity index (χ1v) is 9.06. The fourth-order valence-corrected chi connectivity index (χ4v) is 3.16. The Balaban J connectivity index is 1.68. The largest absolute Gasteiger partial charge is 0.420 e. The number of nitrogens with zero attached hydrogens (tertiary/aromatic N) is 1.